The van der Waals surface area contributed by atoms with Crippen LogP contribution in [0.1, 0.15) is 6.42 Å². The number of hydrogen-bond acceptors (Lipinski definition) is 3. The Hall–Kier alpha value is -0.770. The first kappa shape index (κ1) is 7.86. The van der Waals surface area contributed by atoms with Crippen LogP contribution < -0.4 is 0 Å². The number of rotatable bonds is 1. The Balaban J connectivity index is 2.26. The minimum Gasteiger partial charge on any atom is -0.478 e. The van der Waals surface area contributed by atoms with Crippen molar-refractivity contribution in [2.24, 2.45) is 5.92 Å². The Bertz CT molecular complexity index is 282. The number of hydrogen-bond donors (Lipinski definition) is 1. The second kappa shape index (κ2) is 2.62. The number of aliphatic carboxylic acids is 1. The maximum Gasteiger partial charge on any atom is 0.332 e. The fourth-order valence-electron chi connectivity index (χ4n) is 1.63. The van der Waals surface area contributed by atoms with Gasteiger partial charge in [0.15, 0.2) is 0 Å². The van der Waals surface area contributed by atoms with E-state index in [4.69, 9.17) is 5.11 Å². The van der Waals surface area contributed by atoms with Crippen LogP contribution in [0.3, 0.4) is 0 Å². The molecule has 2 rings (SSSR count). The predicted molar refractivity (Wildman–Crippen MR) is 45.1 cm³/mol. The minimum absolute atomic E-state index is 0.0841. The van der Waals surface area contributed by atoms with E-state index in [9.17, 15) is 9.59 Å². The van der Waals surface area contributed by atoms with Crippen molar-refractivity contribution in [3.8, 4) is 0 Å². The van der Waals surface area contributed by atoms with Crippen molar-refractivity contribution < 1.29 is 14.7 Å². The van der Waals surface area contributed by atoms with Crippen molar-refractivity contribution in [3.63, 3.8) is 0 Å². The summed E-state index contributed by atoms with van der Waals surface area (Å²) in [6.45, 7) is 0. The Morgan fingerprint density at radius 1 is 1.67 bits per heavy atom. The van der Waals surface area contributed by atoms with Gasteiger partial charge in [0.1, 0.15) is 5.78 Å². The fourth-order valence-corrected chi connectivity index (χ4v) is 2.92. The van der Waals surface area contributed by atoms with Crippen LogP contribution in [0.25, 0.3) is 0 Å². The summed E-state index contributed by atoms with van der Waals surface area (Å²) < 4.78 is 0. The maximum atomic E-state index is 11.1. The van der Waals surface area contributed by atoms with Gasteiger partial charge in [0.25, 0.3) is 0 Å². The van der Waals surface area contributed by atoms with Gasteiger partial charge in [0, 0.05) is 23.0 Å². The molecular formula is C8H8O3S. The van der Waals surface area contributed by atoms with Crippen LogP contribution in [-0.4, -0.2) is 27.9 Å². The smallest absolute Gasteiger partial charge is 0.332 e. The zero-order chi connectivity index (χ0) is 8.72. The number of carbonyl (C=O) groups is 2. The Labute approximate surface area is 73.8 Å². The van der Waals surface area contributed by atoms with Gasteiger partial charge in [0.05, 0.1) is 5.92 Å². The van der Waals surface area contributed by atoms with Gasteiger partial charge >= 0.3 is 5.97 Å². The van der Waals surface area contributed by atoms with E-state index in [2.05, 4.69) is 0 Å². The molecule has 4 heteroatoms. The SMILES string of the molecule is O=C(O)C1=CCSC2CC(=O)C12. The Kier molecular flexibility index (Phi) is 1.72. The molecule has 0 spiro atoms. The lowest BCUT2D eigenvalue weighted by Crippen LogP contribution is -2.44. The maximum absolute atomic E-state index is 11.1. The summed E-state index contributed by atoms with van der Waals surface area (Å²) in [5.74, 6) is -0.420. The molecule has 1 fully saturated rings. The molecule has 0 aromatic rings. The molecule has 0 aromatic heterocycles. The van der Waals surface area contributed by atoms with Crippen molar-refractivity contribution in [2.75, 3.05) is 5.75 Å². The first-order chi connectivity index (χ1) is 5.70. The molecule has 12 heavy (non-hydrogen) atoms. The molecule has 1 aliphatic carbocycles. The third kappa shape index (κ3) is 0.982. The summed E-state index contributed by atoms with van der Waals surface area (Å²) >= 11 is 1.68. The van der Waals surface area contributed by atoms with Crippen molar-refractivity contribution >= 4 is 23.5 Å². The molecule has 0 radical (unpaired) electrons. The Morgan fingerprint density at radius 2 is 2.42 bits per heavy atom. The van der Waals surface area contributed by atoms with Gasteiger partial charge in [-0.25, -0.2) is 4.79 Å². The van der Waals surface area contributed by atoms with Crippen LogP contribution in [0.2, 0.25) is 0 Å². The second-order valence-corrected chi connectivity index (χ2v) is 4.26. The number of thioether (sulfide) groups is 1. The lowest BCUT2D eigenvalue weighted by molar-refractivity contribution is -0.137. The van der Waals surface area contributed by atoms with Gasteiger partial charge in [-0.3, -0.25) is 4.79 Å². The van der Waals surface area contributed by atoms with E-state index in [0.29, 0.717) is 12.0 Å². The molecule has 2 unspecified atom stereocenters. The zero-order valence-electron chi connectivity index (χ0n) is 6.32. The van der Waals surface area contributed by atoms with Crippen molar-refractivity contribution in [2.45, 2.75) is 11.7 Å². The predicted octanol–water partition coefficient (Wildman–Crippen LogP) is 0.702. The highest BCUT2D eigenvalue weighted by Gasteiger charge is 2.45. The van der Waals surface area contributed by atoms with Crippen LogP contribution >= 0.6 is 11.8 Å². The molecule has 1 heterocycles. The van der Waals surface area contributed by atoms with E-state index in [1.807, 2.05) is 0 Å². The first-order valence-corrected chi connectivity index (χ1v) is 4.82. The molecule has 2 atom stereocenters. The van der Waals surface area contributed by atoms with E-state index < -0.39 is 5.97 Å². The van der Waals surface area contributed by atoms with Crippen LogP contribution in [-0.2, 0) is 9.59 Å². The standard InChI is InChI=1S/C8H8O3S/c9-5-3-6-7(5)4(8(10)11)1-2-12-6/h1,6-7H,2-3H2,(H,10,11). The fraction of sp³-hybridized carbons (Fsp3) is 0.500. The van der Waals surface area contributed by atoms with E-state index in [1.165, 1.54) is 0 Å². The molecule has 2 aliphatic rings. The number of carbonyl (C=O) groups excluding carboxylic acids is 1. The number of fused-ring (bicyclic) bond motifs is 1. The highest BCUT2D eigenvalue weighted by Crippen LogP contribution is 2.42. The Morgan fingerprint density at radius 3 is 2.92 bits per heavy atom. The molecule has 1 saturated carbocycles. The van der Waals surface area contributed by atoms with Gasteiger partial charge in [0.2, 0.25) is 0 Å². The topological polar surface area (TPSA) is 54.4 Å². The molecule has 1 N–H and O–H groups in total. The quantitative estimate of drug-likeness (QED) is 0.651. The third-order valence-corrected chi connectivity index (χ3v) is 3.54. The van der Waals surface area contributed by atoms with Crippen molar-refractivity contribution in [3.05, 3.63) is 11.6 Å². The average molecular weight is 184 g/mol. The molecule has 3 nitrogen and oxygen atoms in total. The van der Waals surface area contributed by atoms with E-state index >= 15 is 0 Å². The summed E-state index contributed by atoms with van der Waals surface area (Å²) in [4.78, 5) is 21.7. The average Bonchev–Trinajstić information content (AvgIpc) is 2.01. The number of carboxylic acid groups (broad SMARTS) is 1. The molecule has 64 valence electrons. The lowest BCUT2D eigenvalue weighted by Gasteiger charge is -2.37. The van der Waals surface area contributed by atoms with Crippen LogP contribution in [0.5, 0.6) is 0 Å². The van der Waals surface area contributed by atoms with Gasteiger partial charge in [-0.15, -0.1) is 0 Å². The number of Topliss-reactive ketones (excluding diaryl/α,β-unsaturated/α-hetero) is 1. The summed E-state index contributed by atoms with van der Waals surface area (Å²) in [5, 5.41) is 8.99. The lowest BCUT2D eigenvalue weighted by atomic mass is 9.77. The summed E-state index contributed by atoms with van der Waals surface area (Å²) in [6.07, 6.45) is 2.21. The van der Waals surface area contributed by atoms with Gasteiger partial charge in [-0.1, -0.05) is 6.08 Å². The number of ketones is 1. The third-order valence-electron chi connectivity index (χ3n) is 2.32. The zero-order valence-corrected chi connectivity index (χ0v) is 7.13. The van der Waals surface area contributed by atoms with Crippen LogP contribution in [0.4, 0.5) is 0 Å². The molecule has 0 saturated heterocycles. The first-order valence-electron chi connectivity index (χ1n) is 3.78. The normalized spacial score (nSPS) is 33.3. The van der Waals surface area contributed by atoms with Crippen LogP contribution in [0.15, 0.2) is 11.6 Å². The monoisotopic (exact) mass is 184 g/mol. The van der Waals surface area contributed by atoms with Crippen molar-refractivity contribution in [1.82, 2.24) is 0 Å². The highest BCUT2D eigenvalue weighted by molar-refractivity contribution is 8.00. The van der Waals surface area contributed by atoms with Gasteiger partial charge in [-0.2, -0.15) is 11.8 Å². The molecule has 0 aromatic carbocycles. The highest BCUT2D eigenvalue weighted by atomic mass is 32.2. The number of carboxylic acids is 1. The minimum atomic E-state index is -0.932. The van der Waals surface area contributed by atoms with Gasteiger partial charge < -0.3 is 5.11 Å². The summed E-state index contributed by atoms with van der Waals surface area (Å²) in [5.41, 5.74) is 0.315. The molecule has 0 amide bonds. The van der Waals surface area contributed by atoms with Crippen LogP contribution in [0, 0.1) is 5.92 Å². The van der Waals surface area contributed by atoms with E-state index in [-0.39, 0.29) is 17.0 Å². The molecule has 0 bridgehead atoms. The molecule has 1 aliphatic heterocycles. The largest absolute Gasteiger partial charge is 0.478 e. The van der Waals surface area contributed by atoms with Gasteiger partial charge in [-0.05, 0) is 0 Å². The molecular weight excluding hydrogens is 176 g/mol. The summed E-state index contributed by atoms with van der Waals surface area (Å²) in [7, 11) is 0. The summed E-state index contributed by atoms with van der Waals surface area (Å²) in [6, 6.07) is 0. The second-order valence-electron chi connectivity index (χ2n) is 2.98. The van der Waals surface area contributed by atoms with E-state index in [1.54, 1.807) is 17.8 Å². The van der Waals surface area contributed by atoms with E-state index in [0.717, 1.165) is 5.75 Å². The van der Waals surface area contributed by atoms with Crippen molar-refractivity contribution in [1.29, 1.82) is 0 Å².